The highest BCUT2D eigenvalue weighted by molar-refractivity contribution is 14.0. The first-order valence-corrected chi connectivity index (χ1v) is 10.9. The van der Waals surface area contributed by atoms with Crippen molar-refractivity contribution in [3.05, 3.63) is 47.3 Å². The molecule has 0 radical (unpaired) electrons. The van der Waals surface area contributed by atoms with E-state index in [4.69, 9.17) is 4.52 Å². The number of likely N-dealkylation sites (tertiary alicyclic amines) is 1. The number of aromatic nitrogens is 1. The molecule has 2 aliphatic heterocycles. The maximum absolute atomic E-state index is 12.0. The van der Waals surface area contributed by atoms with Crippen LogP contribution in [0.3, 0.4) is 0 Å². The number of guanidine groups is 1. The number of nitrogens with one attached hydrogen (secondary N) is 1. The third kappa shape index (κ3) is 5.22. The van der Waals surface area contributed by atoms with E-state index < -0.39 is 0 Å². The lowest BCUT2D eigenvalue weighted by atomic mass is 9.98. The summed E-state index contributed by atoms with van der Waals surface area (Å²) in [5, 5.41) is 7.56. The monoisotopic (exact) mass is 537 g/mol. The van der Waals surface area contributed by atoms with Gasteiger partial charge in [0.2, 0.25) is 5.91 Å². The van der Waals surface area contributed by atoms with Crippen LogP contribution in [0.5, 0.6) is 0 Å². The molecular weight excluding hydrogens is 505 g/mol. The molecule has 1 N–H and O–H groups in total. The molecule has 1 fully saturated rings. The third-order valence-corrected chi connectivity index (χ3v) is 6.05. The number of nitrogens with zero attached hydrogens (tertiary/aromatic N) is 4. The number of amides is 1. The van der Waals surface area contributed by atoms with Gasteiger partial charge in [0.25, 0.3) is 0 Å². The first-order valence-electron chi connectivity index (χ1n) is 10.9. The molecule has 2 aromatic rings. The molecule has 0 bridgehead atoms. The average molecular weight is 537 g/mol. The molecule has 0 aliphatic carbocycles. The first kappa shape index (κ1) is 23.6. The van der Waals surface area contributed by atoms with Crippen molar-refractivity contribution in [2.45, 2.75) is 51.5 Å². The lowest BCUT2D eigenvalue weighted by Gasteiger charge is -2.23. The van der Waals surface area contributed by atoms with Crippen LogP contribution in [0.15, 0.2) is 39.8 Å². The van der Waals surface area contributed by atoms with Crippen LogP contribution >= 0.6 is 24.0 Å². The molecule has 168 valence electrons. The van der Waals surface area contributed by atoms with Gasteiger partial charge in [-0.25, -0.2) is 0 Å². The fourth-order valence-electron chi connectivity index (χ4n) is 4.34. The fraction of sp³-hybridized carbons (Fsp3) is 0.522. The maximum Gasteiger partial charge on any atom is 0.222 e. The van der Waals surface area contributed by atoms with Gasteiger partial charge in [0.05, 0.1) is 12.2 Å². The second-order valence-corrected chi connectivity index (χ2v) is 8.41. The molecule has 1 aromatic heterocycles. The van der Waals surface area contributed by atoms with Crippen LogP contribution in [0.1, 0.15) is 62.0 Å². The van der Waals surface area contributed by atoms with Crippen LogP contribution in [-0.2, 0) is 11.3 Å². The van der Waals surface area contributed by atoms with E-state index in [9.17, 15) is 4.79 Å². The van der Waals surface area contributed by atoms with Crippen molar-refractivity contribution in [1.29, 1.82) is 0 Å². The Bertz CT molecular complexity index is 926. The molecule has 1 aromatic carbocycles. The number of halogens is 1. The predicted octanol–water partition coefficient (Wildman–Crippen LogP) is 4.11. The topological polar surface area (TPSA) is 74.0 Å². The van der Waals surface area contributed by atoms with Crippen molar-refractivity contribution >= 4 is 41.5 Å². The molecule has 8 heteroatoms. The van der Waals surface area contributed by atoms with Gasteiger partial charge in [-0.1, -0.05) is 37.2 Å². The van der Waals surface area contributed by atoms with Crippen LogP contribution in [0.2, 0.25) is 0 Å². The van der Waals surface area contributed by atoms with E-state index in [0.29, 0.717) is 30.7 Å². The number of fused-ring (bicyclic) bond motifs is 1. The summed E-state index contributed by atoms with van der Waals surface area (Å²) < 4.78 is 5.46. The molecule has 31 heavy (non-hydrogen) atoms. The number of rotatable bonds is 6. The Balaban J connectivity index is 0.00000272. The standard InChI is InChI=1S/C23H31N5O2.HI/c1-16(2)20-13-18(30-26-20)14-25-23(24-3)28-15-17(19-7-4-5-8-21(19)28)10-12-27-11-6-9-22(27)29;/h4-5,7-8,13,16-17H,6,9-12,14-15H2,1-3H3,(H,24,25);1H. The van der Waals surface area contributed by atoms with E-state index in [-0.39, 0.29) is 24.0 Å². The molecule has 1 atom stereocenters. The summed E-state index contributed by atoms with van der Waals surface area (Å²) in [6.07, 6.45) is 2.66. The van der Waals surface area contributed by atoms with E-state index >= 15 is 0 Å². The van der Waals surface area contributed by atoms with Gasteiger partial charge in [0, 0.05) is 50.8 Å². The SMILES string of the molecule is CN=C(NCc1cc(C(C)C)no1)N1CC(CCN2CCCC2=O)c2ccccc21.I. The van der Waals surface area contributed by atoms with Crippen LogP contribution < -0.4 is 10.2 Å². The fourth-order valence-corrected chi connectivity index (χ4v) is 4.34. The smallest absolute Gasteiger partial charge is 0.222 e. The molecule has 3 heterocycles. The summed E-state index contributed by atoms with van der Waals surface area (Å²) in [4.78, 5) is 20.7. The van der Waals surface area contributed by atoms with E-state index in [1.165, 1.54) is 11.3 Å². The molecule has 2 aliphatic rings. The van der Waals surface area contributed by atoms with E-state index in [0.717, 1.165) is 49.9 Å². The number of carbonyl (C=O) groups excluding carboxylic acids is 1. The van der Waals surface area contributed by atoms with E-state index in [1.54, 1.807) is 7.05 Å². The molecule has 1 amide bonds. The van der Waals surface area contributed by atoms with Crippen LogP contribution in [-0.4, -0.2) is 48.6 Å². The Morgan fingerprint density at radius 3 is 2.84 bits per heavy atom. The molecule has 7 nitrogen and oxygen atoms in total. The minimum absolute atomic E-state index is 0. The molecule has 0 saturated carbocycles. The van der Waals surface area contributed by atoms with Gasteiger partial charge in [0.15, 0.2) is 11.7 Å². The summed E-state index contributed by atoms with van der Waals surface area (Å²) in [5.74, 6) is 2.64. The van der Waals surface area contributed by atoms with Crippen molar-refractivity contribution in [2.75, 3.05) is 31.6 Å². The zero-order valence-corrected chi connectivity index (χ0v) is 20.8. The zero-order chi connectivity index (χ0) is 21.1. The maximum atomic E-state index is 12.0. The number of anilines is 1. The summed E-state index contributed by atoms with van der Waals surface area (Å²) in [6, 6.07) is 10.5. The Kier molecular flexibility index (Phi) is 7.96. The van der Waals surface area contributed by atoms with Gasteiger partial charge in [0.1, 0.15) is 0 Å². The van der Waals surface area contributed by atoms with E-state index in [2.05, 4.69) is 58.5 Å². The Morgan fingerprint density at radius 2 is 2.16 bits per heavy atom. The van der Waals surface area contributed by atoms with Gasteiger partial charge in [-0.2, -0.15) is 0 Å². The third-order valence-electron chi connectivity index (χ3n) is 6.05. The molecule has 0 spiro atoms. The van der Waals surface area contributed by atoms with Gasteiger partial charge < -0.3 is 19.6 Å². The summed E-state index contributed by atoms with van der Waals surface area (Å²) in [7, 11) is 1.81. The summed E-state index contributed by atoms with van der Waals surface area (Å²) in [5.41, 5.74) is 3.47. The summed E-state index contributed by atoms with van der Waals surface area (Å²) >= 11 is 0. The minimum Gasteiger partial charge on any atom is -0.359 e. The lowest BCUT2D eigenvalue weighted by molar-refractivity contribution is -0.127. The number of benzene rings is 1. The Hall–Kier alpha value is -2.10. The molecule has 1 saturated heterocycles. The number of para-hydroxylation sites is 1. The number of hydrogen-bond acceptors (Lipinski definition) is 4. The van der Waals surface area contributed by atoms with Gasteiger partial charge >= 0.3 is 0 Å². The van der Waals surface area contributed by atoms with Crippen molar-refractivity contribution in [3.8, 4) is 0 Å². The lowest BCUT2D eigenvalue weighted by Crippen LogP contribution is -2.40. The molecule has 4 rings (SSSR count). The second kappa shape index (κ2) is 10.5. The quantitative estimate of drug-likeness (QED) is 0.341. The second-order valence-electron chi connectivity index (χ2n) is 8.41. The van der Waals surface area contributed by atoms with Gasteiger partial charge in [-0.3, -0.25) is 9.79 Å². The molecular formula is C23H32IN5O2. The Labute approximate surface area is 201 Å². The van der Waals surface area contributed by atoms with Gasteiger partial charge in [-0.15, -0.1) is 24.0 Å². The molecule has 1 unspecified atom stereocenters. The number of aliphatic imine (C=N–C) groups is 1. The normalized spacial score (nSPS) is 18.5. The highest BCUT2D eigenvalue weighted by Crippen LogP contribution is 2.38. The van der Waals surface area contributed by atoms with Gasteiger partial charge in [-0.05, 0) is 30.4 Å². The van der Waals surface area contributed by atoms with Crippen LogP contribution in [0, 0.1) is 0 Å². The highest BCUT2D eigenvalue weighted by Gasteiger charge is 2.32. The largest absolute Gasteiger partial charge is 0.359 e. The van der Waals surface area contributed by atoms with Crippen LogP contribution in [0.25, 0.3) is 0 Å². The predicted molar refractivity (Wildman–Crippen MR) is 133 cm³/mol. The van der Waals surface area contributed by atoms with Crippen molar-refractivity contribution in [2.24, 2.45) is 4.99 Å². The van der Waals surface area contributed by atoms with Crippen LogP contribution in [0.4, 0.5) is 5.69 Å². The van der Waals surface area contributed by atoms with Crippen molar-refractivity contribution in [3.63, 3.8) is 0 Å². The average Bonchev–Trinajstić information content (AvgIpc) is 3.46. The first-order chi connectivity index (χ1) is 14.6. The highest BCUT2D eigenvalue weighted by atomic mass is 127. The zero-order valence-electron chi connectivity index (χ0n) is 18.5. The minimum atomic E-state index is 0. The summed E-state index contributed by atoms with van der Waals surface area (Å²) in [6.45, 7) is 7.33. The Morgan fingerprint density at radius 1 is 1.35 bits per heavy atom. The number of hydrogen-bond donors (Lipinski definition) is 1. The number of carbonyl (C=O) groups is 1. The van der Waals surface area contributed by atoms with Crippen molar-refractivity contribution < 1.29 is 9.32 Å². The van der Waals surface area contributed by atoms with Crippen molar-refractivity contribution in [1.82, 2.24) is 15.4 Å². The van der Waals surface area contributed by atoms with E-state index in [1.807, 2.05) is 11.0 Å².